The molecule has 0 aromatic carbocycles. The summed E-state index contributed by atoms with van der Waals surface area (Å²) in [5.41, 5.74) is 0.806. The summed E-state index contributed by atoms with van der Waals surface area (Å²) >= 11 is 0. The summed E-state index contributed by atoms with van der Waals surface area (Å²) in [6.07, 6.45) is 1.22. The topological polar surface area (TPSA) is 51.2 Å². The molecule has 0 spiro atoms. The van der Waals surface area contributed by atoms with Crippen molar-refractivity contribution in [1.29, 1.82) is 0 Å². The third-order valence-electron chi connectivity index (χ3n) is 4.01. The summed E-state index contributed by atoms with van der Waals surface area (Å²) in [7, 11) is -1.23. The van der Waals surface area contributed by atoms with Crippen LogP contribution in [-0.2, 0) is 17.4 Å². The van der Waals surface area contributed by atoms with Crippen molar-refractivity contribution in [3.8, 4) is 5.88 Å². The van der Waals surface area contributed by atoms with Crippen LogP contribution < -0.4 is 9.46 Å². The van der Waals surface area contributed by atoms with Crippen molar-refractivity contribution in [2.24, 2.45) is 5.41 Å². The van der Waals surface area contributed by atoms with Gasteiger partial charge in [-0.3, -0.25) is 0 Å². The molecule has 0 aliphatic carbocycles. The molecule has 25 heavy (non-hydrogen) atoms. The Bertz CT molecular complexity index is 675. The van der Waals surface area contributed by atoms with Crippen LogP contribution in [0.5, 0.6) is 5.88 Å². The molecule has 1 unspecified atom stereocenters. The Hall–Kier alpha value is -1.01. The standard InChI is InChI=1S/C19H31FN2O2S/c1-17(2,3)10-12-9-13-14(22-25(23)18(4,5)6)11-19(7,8)24-16(13)21-15(12)20/h9,14,22H,10-11H2,1-8H3/t14?,25-/m0/s1. The number of rotatable bonds is 3. The lowest BCUT2D eigenvalue weighted by molar-refractivity contribution is 0.0628. The first-order chi connectivity index (χ1) is 11.2. The molecule has 0 amide bonds. The van der Waals surface area contributed by atoms with Crippen LogP contribution in [-0.4, -0.2) is 19.5 Å². The van der Waals surface area contributed by atoms with Gasteiger partial charge in [-0.05, 0) is 52.5 Å². The van der Waals surface area contributed by atoms with Crippen LogP contribution in [0.4, 0.5) is 4.39 Å². The molecular weight excluding hydrogens is 339 g/mol. The minimum absolute atomic E-state index is 0.0529. The lowest BCUT2D eigenvalue weighted by Gasteiger charge is -2.38. The average Bonchev–Trinajstić information content (AvgIpc) is 2.36. The van der Waals surface area contributed by atoms with Crippen molar-refractivity contribution in [2.75, 3.05) is 0 Å². The number of hydrogen-bond acceptors (Lipinski definition) is 3. The first-order valence-corrected chi connectivity index (χ1v) is 9.89. The number of fused-ring (bicyclic) bond motifs is 1. The number of pyridine rings is 1. The van der Waals surface area contributed by atoms with E-state index in [4.69, 9.17) is 4.74 Å². The molecule has 1 aliphatic heterocycles. The Labute approximate surface area is 153 Å². The fourth-order valence-electron chi connectivity index (χ4n) is 2.88. The minimum Gasteiger partial charge on any atom is -0.471 e. The monoisotopic (exact) mass is 370 g/mol. The zero-order valence-corrected chi connectivity index (χ0v) is 17.4. The molecule has 4 nitrogen and oxygen atoms in total. The highest BCUT2D eigenvalue weighted by molar-refractivity contribution is 7.84. The van der Waals surface area contributed by atoms with E-state index in [2.05, 4.69) is 30.5 Å². The smallest absolute Gasteiger partial charge is 0.221 e. The predicted octanol–water partition coefficient (Wildman–Crippen LogP) is 4.46. The normalized spacial score (nSPS) is 21.4. The highest BCUT2D eigenvalue weighted by Crippen LogP contribution is 2.40. The molecule has 6 heteroatoms. The number of nitrogens with zero attached hydrogens (tertiary/aromatic N) is 1. The van der Waals surface area contributed by atoms with E-state index in [-0.39, 0.29) is 16.2 Å². The van der Waals surface area contributed by atoms with Crippen molar-refractivity contribution in [1.82, 2.24) is 9.71 Å². The van der Waals surface area contributed by atoms with E-state index in [0.717, 1.165) is 5.56 Å². The van der Waals surface area contributed by atoms with Crippen LogP contribution in [0.2, 0.25) is 0 Å². The molecule has 1 aromatic rings. The second-order valence-electron chi connectivity index (χ2n) is 9.69. The van der Waals surface area contributed by atoms with Gasteiger partial charge in [0.15, 0.2) is 0 Å². The van der Waals surface area contributed by atoms with Gasteiger partial charge in [-0.1, -0.05) is 20.8 Å². The fourth-order valence-corrected chi connectivity index (χ4v) is 3.70. The van der Waals surface area contributed by atoms with Gasteiger partial charge in [0.25, 0.3) is 0 Å². The van der Waals surface area contributed by atoms with Crippen molar-refractivity contribution >= 4 is 11.0 Å². The van der Waals surface area contributed by atoms with E-state index in [1.54, 1.807) is 0 Å². The molecule has 1 aromatic heterocycles. The van der Waals surface area contributed by atoms with E-state index >= 15 is 0 Å². The van der Waals surface area contributed by atoms with Gasteiger partial charge in [0.2, 0.25) is 11.8 Å². The molecule has 1 N–H and O–H groups in total. The van der Waals surface area contributed by atoms with Gasteiger partial charge < -0.3 is 4.74 Å². The number of ether oxygens (including phenoxy) is 1. The van der Waals surface area contributed by atoms with Crippen LogP contribution in [0.3, 0.4) is 0 Å². The Kier molecular flexibility index (Phi) is 5.37. The van der Waals surface area contributed by atoms with E-state index in [1.807, 2.05) is 40.7 Å². The summed E-state index contributed by atoms with van der Waals surface area (Å²) in [6.45, 7) is 15.8. The van der Waals surface area contributed by atoms with Gasteiger partial charge in [0.1, 0.15) is 5.60 Å². The Morgan fingerprint density at radius 2 is 1.92 bits per heavy atom. The van der Waals surface area contributed by atoms with Gasteiger partial charge in [0.05, 0.1) is 21.8 Å². The largest absolute Gasteiger partial charge is 0.471 e. The second-order valence-corrected chi connectivity index (χ2v) is 11.7. The summed E-state index contributed by atoms with van der Waals surface area (Å²) in [4.78, 5) is 4.09. The molecule has 0 saturated heterocycles. The quantitative estimate of drug-likeness (QED) is 0.799. The lowest BCUT2D eigenvalue weighted by Crippen LogP contribution is -2.43. The summed E-state index contributed by atoms with van der Waals surface area (Å²) in [6, 6.07) is 1.64. The highest BCUT2D eigenvalue weighted by Gasteiger charge is 2.37. The van der Waals surface area contributed by atoms with Crippen molar-refractivity contribution in [2.45, 2.75) is 84.6 Å². The second kappa shape index (κ2) is 6.62. The maximum Gasteiger partial charge on any atom is 0.221 e. The highest BCUT2D eigenvalue weighted by atomic mass is 32.2. The average molecular weight is 371 g/mol. The molecule has 0 fully saturated rings. The minimum atomic E-state index is -1.23. The zero-order chi connectivity index (χ0) is 19.2. The van der Waals surface area contributed by atoms with Crippen molar-refractivity contribution in [3.63, 3.8) is 0 Å². The fraction of sp³-hybridized carbons (Fsp3) is 0.737. The molecule has 2 heterocycles. The molecule has 0 bridgehead atoms. The Balaban J connectivity index is 2.44. The van der Waals surface area contributed by atoms with Gasteiger partial charge in [-0.2, -0.15) is 9.37 Å². The predicted molar refractivity (Wildman–Crippen MR) is 100 cm³/mol. The number of hydrogen-bond donors (Lipinski definition) is 1. The van der Waals surface area contributed by atoms with Crippen LogP contribution >= 0.6 is 0 Å². The van der Waals surface area contributed by atoms with Gasteiger partial charge >= 0.3 is 0 Å². The molecule has 0 saturated carbocycles. The van der Waals surface area contributed by atoms with Crippen molar-refractivity contribution in [3.05, 3.63) is 23.1 Å². The first kappa shape index (κ1) is 20.3. The summed E-state index contributed by atoms with van der Waals surface area (Å²) in [5.74, 6) is -0.183. The Morgan fingerprint density at radius 1 is 1.32 bits per heavy atom. The van der Waals surface area contributed by atoms with Crippen LogP contribution in [0.1, 0.15) is 79.0 Å². The SMILES string of the molecule is CC(C)(C)Cc1cc2c(nc1F)OC(C)(C)CC2N[S@@](=O)C(C)(C)C. The number of nitrogens with one attached hydrogen (secondary N) is 1. The Morgan fingerprint density at radius 3 is 2.44 bits per heavy atom. The van der Waals surface area contributed by atoms with Crippen LogP contribution in [0.15, 0.2) is 6.07 Å². The third kappa shape index (κ3) is 5.23. The van der Waals surface area contributed by atoms with Crippen LogP contribution in [0, 0.1) is 11.4 Å². The number of halogens is 1. The van der Waals surface area contributed by atoms with Crippen LogP contribution in [0.25, 0.3) is 0 Å². The number of aromatic nitrogens is 1. The molecule has 142 valence electrons. The summed E-state index contributed by atoms with van der Waals surface area (Å²) in [5, 5.41) is 0. The molecular formula is C19H31FN2O2S. The maximum absolute atomic E-state index is 14.5. The zero-order valence-electron chi connectivity index (χ0n) is 16.6. The molecule has 0 radical (unpaired) electrons. The van der Waals surface area contributed by atoms with E-state index in [0.29, 0.717) is 24.3 Å². The van der Waals surface area contributed by atoms with Crippen molar-refractivity contribution < 1.29 is 13.3 Å². The maximum atomic E-state index is 14.5. The van der Waals surface area contributed by atoms with Gasteiger partial charge in [0, 0.05) is 17.5 Å². The lowest BCUT2D eigenvalue weighted by atomic mass is 9.86. The first-order valence-electron chi connectivity index (χ1n) is 8.74. The van der Waals surface area contributed by atoms with Gasteiger partial charge in [-0.25, -0.2) is 8.93 Å². The van der Waals surface area contributed by atoms with Gasteiger partial charge in [-0.15, -0.1) is 0 Å². The molecule has 2 rings (SSSR count). The summed E-state index contributed by atoms with van der Waals surface area (Å²) < 4.78 is 35.8. The molecule has 2 atom stereocenters. The molecule has 1 aliphatic rings. The van der Waals surface area contributed by atoms with E-state index < -0.39 is 22.5 Å². The third-order valence-corrected chi connectivity index (χ3v) is 5.62. The van der Waals surface area contributed by atoms with E-state index in [9.17, 15) is 8.60 Å². The van der Waals surface area contributed by atoms with E-state index in [1.165, 1.54) is 0 Å².